The van der Waals surface area contributed by atoms with Gasteiger partial charge in [-0.2, -0.15) is 0 Å². The van der Waals surface area contributed by atoms with Gasteiger partial charge in [-0.05, 0) is 39.8 Å². The van der Waals surface area contributed by atoms with Crippen LogP contribution in [0.25, 0.3) is 0 Å². The maximum atomic E-state index is 2.43. The molecule has 0 nitrogen and oxygen atoms in total. The van der Waals surface area contributed by atoms with Gasteiger partial charge >= 0.3 is 0 Å². The lowest BCUT2D eigenvalue weighted by Crippen LogP contribution is -2.27. The van der Waals surface area contributed by atoms with Crippen molar-refractivity contribution < 1.29 is 0 Å². The largest absolute Gasteiger partial charge is 0.140 e. The normalized spacial score (nSPS) is 26.3. The van der Waals surface area contributed by atoms with Crippen LogP contribution in [0.15, 0.2) is 35.8 Å². The Bertz CT molecular complexity index is 503. The van der Waals surface area contributed by atoms with Gasteiger partial charge in [-0.25, -0.2) is 0 Å². The topological polar surface area (TPSA) is 0 Å². The van der Waals surface area contributed by atoms with Crippen LogP contribution in [0, 0.1) is 3.57 Å². The Morgan fingerprint density at radius 1 is 1.07 bits per heavy atom. The number of hydrogen-bond donors (Lipinski definition) is 0. The summed E-state index contributed by atoms with van der Waals surface area (Å²) < 4.78 is 1.39. The quantitative estimate of drug-likeness (QED) is 0.492. The molecule has 15 heavy (non-hydrogen) atoms. The molecule has 3 rings (SSSR count). The molecule has 1 aromatic rings. The second-order valence-corrected chi connectivity index (χ2v) is 5.71. The smallest absolute Gasteiger partial charge is 0.0925 e. The van der Waals surface area contributed by atoms with Gasteiger partial charge in [0, 0.05) is 15.4 Å². The first-order valence-electron chi connectivity index (χ1n) is 5.33. The van der Waals surface area contributed by atoms with Crippen molar-refractivity contribution in [3.63, 3.8) is 0 Å². The lowest BCUT2D eigenvalue weighted by atomic mass is 9.63. The highest BCUT2D eigenvalue weighted by molar-refractivity contribution is 14.1. The molecular weight excluding hydrogens is 293 g/mol. The Morgan fingerprint density at radius 2 is 1.80 bits per heavy atom. The van der Waals surface area contributed by atoms with Gasteiger partial charge in [0.25, 0.3) is 0 Å². The number of benzene rings is 1. The first-order chi connectivity index (χ1) is 7.16. The summed E-state index contributed by atoms with van der Waals surface area (Å²) in [6.07, 6.45) is 7.00. The number of allylic oxidation sites excluding steroid dienone is 4. The summed E-state index contributed by atoms with van der Waals surface area (Å²) in [6.45, 7) is 0. The van der Waals surface area contributed by atoms with E-state index < -0.39 is 0 Å². The minimum atomic E-state index is 0.652. The maximum absolute atomic E-state index is 2.43. The van der Waals surface area contributed by atoms with Crippen LogP contribution in [0.4, 0.5) is 0 Å². The molecule has 0 amide bonds. The molecule has 0 saturated carbocycles. The van der Waals surface area contributed by atoms with Gasteiger partial charge in [-0.15, -0.1) is 0 Å². The second-order valence-electron chi connectivity index (χ2n) is 4.55. The summed E-state index contributed by atoms with van der Waals surface area (Å²) in [6, 6.07) is 4.71. The molecule has 0 unspecified atom stereocenters. The summed E-state index contributed by atoms with van der Waals surface area (Å²) in [5, 5.41) is 0. The van der Waals surface area contributed by atoms with E-state index in [4.69, 9.17) is 0 Å². The molecule has 3 heteroatoms. The number of hydrogen-bond acceptors (Lipinski definition) is 0. The first-order valence-corrected chi connectivity index (χ1v) is 6.41. The van der Waals surface area contributed by atoms with E-state index in [1.807, 2.05) is 0 Å². The molecule has 0 aromatic heterocycles. The average Bonchev–Trinajstić information content (AvgIpc) is 2.21. The van der Waals surface area contributed by atoms with Crippen molar-refractivity contribution in [2.75, 3.05) is 0 Å². The molecule has 2 aliphatic carbocycles. The highest BCUT2D eigenvalue weighted by atomic mass is 127. The molecule has 72 valence electrons. The summed E-state index contributed by atoms with van der Waals surface area (Å²) in [5.41, 5.74) is 5.89. The van der Waals surface area contributed by atoms with E-state index in [0.717, 1.165) is 0 Å². The monoisotopic (exact) mass is 304 g/mol. The van der Waals surface area contributed by atoms with Crippen LogP contribution in [-0.2, 0) is 0 Å². The van der Waals surface area contributed by atoms with Gasteiger partial charge in [0.15, 0.2) is 0 Å². The summed E-state index contributed by atoms with van der Waals surface area (Å²) >= 11 is 2.43. The highest BCUT2D eigenvalue weighted by Crippen LogP contribution is 2.50. The standard InChI is InChI=1S/C12H11B2I/c13-6-1-2-7-8(3-6)10-5-12(15)11(14)4-9(7)10/h1-5,7-8H,13-14H2/t7-,8+/m0/s1. The third-order valence-corrected chi connectivity index (χ3v) is 4.64. The molecule has 2 atom stereocenters. The molecule has 0 aliphatic heterocycles. The van der Waals surface area contributed by atoms with Crippen LogP contribution in [0.2, 0.25) is 0 Å². The van der Waals surface area contributed by atoms with Crippen LogP contribution >= 0.6 is 22.6 Å². The molecule has 2 aliphatic rings. The van der Waals surface area contributed by atoms with Crippen molar-refractivity contribution in [2.24, 2.45) is 0 Å². The van der Waals surface area contributed by atoms with E-state index in [0.29, 0.717) is 11.8 Å². The van der Waals surface area contributed by atoms with Crippen molar-refractivity contribution in [1.82, 2.24) is 0 Å². The SMILES string of the molecule is BC1=C[C@H]2c3cc(I)c(B)cc3[C@H]2C=C1. The minimum Gasteiger partial charge on any atom is -0.0925 e. The zero-order valence-corrected chi connectivity index (χ0v) is 11.1. The Hall–Kier alpha value is -0.440. The molecule has 0 bridgehead atoms. The molecule has 0 radical (unpaired) electrons. The van der Waals surface area contributed by atoms with Gasteiger partial charge in [-0.3, -0.25) is 0 Å². The zero-order valence-electron chi connectivity index (χ0n) is 8.92. The molecular formula is C12H11B2I. The Balaban J connectivity index is 2.13. The second kappa shape index (κ2) is 3.27. The van der Waals surface area contributed by atoms with Crippen molar-refractivity contribution in [3.8, 4) is 0 Å². The van der Waals surface area contributed by atoms with Crippen molar-refractivity contribution >= 4 is 43.7 Å². The maximum Gasteiger partial charge on any atom is 0.140 e. The van der Waals surface area contributed by atoms with Gasteiger partial charge < -0.3 is 0 Å². The van der Waals surface area contributed by atoms with Crippen molar-refractivity contribution in [2.45, 2.75) is 11.8 Å². The summed E-state index contributed by atoms with van der Waals surface area (Å²) in [7, 11) is 4.38. The van der Waals surface area contributed by atoms with Crippen LogP contribution in [0.1, 0.15) is 23.0 Å². The van der Waals surface area contributed by atoms with E-state index >= 15 is 0 Å². The van der Waals surface area contributed by atoms with Gasteiger partial charge in [0.2, 0.25) is 0 Å². The van der Waals surface area contributed by atoms with Crippen LogP contribution in [0.3, 0.4) is 0 Å². The number of rotatable bonds is 0. The number of fused-ring (bicyclic) bond motifs is 4. The van der Waals surface area contributed by atoms with Crippen LogP contribution in [0.5, 0.6) is 0 Å². The molecule has 0 heterocycles. The van der Waals surface area contributed by atoms with Crippen LogP contribution < -0.4 is 5.46 Å². The molecule has 0 saturated heterocycles. The summed E-state index contributed by atoms with van der Waals surface area (Å²) in [4.78, 5) is 0. The van der Waals surface area contributed by atoms with Crippen molar-refractivity contribution in [1.29, 1.82) is 0 Å². The third kappa shape index (κ3) is 1.36. The van der Waals surface area contributed by atoms with Gasteiger partial charge in [0.1, 0.15) is 15.7 Å². The first kappa shape index (κ1) is 9.76. The molecule has 0 spiro atoms. The van der Waals surface area contributed by atoms with Crippen molar-refractivity contribution in [3.05, 3.63) is 50.5 Å². The average molecular weight is 304 g/mol. The predicted octanol–water partition coefficient (Wildman–Crippen LogP) is 0.817. The van der Waals surface area contributed by atoms with E-state index in [9.17, 15) is 0 Å². The molecule has 0 N–H and O–H groups in total. The predicted molar refractivity (Wildman–Crippen MR) is 78.6 cm³/mol. The minimum absolute atomic E-state index is 0.652. The fourth-order valence-electron chi connectivity index (χ4n) is 2.60. The Labute approximate surface area is 106 Å². The van der Waals surface area contributed by atoms with Gasteiger partial charge in [0.05, 0.1) is 0 Å². The molecule has 1 aromatic carbocycles. The van der Waals surface area contributed by atoms with E-state index in [-0.39, 0.29) is 0 Å². The molecule has 0 fully saturated rings. The lowest BCUT2D eigenvalue weighted by Gasteiger charge is -2.39. The number of halogens is 1. The van der Waals surface area contributed by atoms with E-state index in [1.165, 1.54) is 20.1 Å². The fourth-order valence-corrected chi connectivity index (χ4v) is 3.09. The Morgan fingerprint density at radius 3 is 2.60 bits per heavy atom. The Kier molecular flexibility index (Phi) is 2.13. The van der Waals surface area contributed by atoms with Gasteiger partial charge in [-0.1, -0.05) is 35.2 Å². The van der Waals surface area contributed by atoms with Crippen LogP contribution in [-0.4, -0.2) is 15.7 Å². The third-order valence-electron chi connectivity index (χ3n) is 3.48. The lowest BCUT2D eigenvalue weighted by molar-refractivity contribution is 0.636. The highest BCUT2D eigenvalue weighted by Gasteiger charge is 2.35. The van der Waals surface area contributed by atoms with E-state index in [2.05, 4.69) is 68.6 Å². The van der Waals surface area contributed by atoms with E-state index in [1.54, 1.807) is 5.56 Å². The zero-order chi connectivity index (χ0) is 10.6. The summed E-state index contributed by atoms with van der Waals surface area (Å²) in [5.74, 6) is 1.30. The fraction of sp³-hybridized carbons (Fsp3) is 0.167.